The van der Waals surface area contributed by atoms with E-state index in [1.807, 2.05) is 0 Å². The van der Waals surface area contributed by atoms with Gasteiger partial charge >= 0.3 is 0 Å². The second kappa shape index (κ2) is 9.99. The molecular weight excluding hydrogens is 364 g/mol. The molecule has 1 aliphatic rings. The molecule has 2 aromatic carbocycles. The van der Waals surface area contributed by atoms with Gasteiger partial charge in [-0.15, -0.1) is 0 Å². The van der Waals surface area contributed by atoms with E-state index in [0.29, 0.717) is 0 Å². The number of methoxy groups -OCH3 is 2. The van der Waals surface area contributed by atoms with E-state index >= 15 is 0 Å². The highest BCUT2D eigenvalue weighted by atomic mass is 16.5. The average Bonchev–Trinajstić information content (AvgIpc) is 2.76. The normalized spacial score (nSPS) is 15.9. The highest BCUT2D eigenvalue weighted by molar-refractivity contribution is 5.52. The monoisotopic (exact) mass is 398 g/mol. The molecule has 29 heavy (non-hydrogen) atoms. The van der Waals surface area contributed by atoms with Crippen molar-refractivity contribution in [1.82, 2.24) is 10.2 Å². The maximum absolute atomic E-state index is 6.04. The Kier molecular flexibility index (Phi) is 7.40. The minimum atomic E-state index is 0.142. The number of benzene rings is 2. The maximum atomic E-state index is 6.04. The molecule has 5 heteroatoms. The summed E-state index contributed by atoms with van der Waals surface area (Å²) in [7, 11) is 3.36. The molecule has 5 nitrogen and oxygen atoms in total. The molecular formula is C24H34N2O3. The Bertz CT molecular complexity index is 818. The molecule has 2 aromatic rings. The van der Waals surface area contributed by atoms with Gasteiger partial charge in [0.1, 0.15) is 12.4 Å². The van der Waals surface area contributed by atoms with Crippen molar-refractivity contribution in [1.29, 1.82) is 0 Å². The second-order valence-electron chi connectivity index (χ2n) is 7.44. The van der Waals surface area contributed by atoms with Crippen molar-refractivity contribution in [2.45, 2.75) is 33.2 Å². The molecule has 0 amide bonds. The molecule has 0 saturated carbocycles. The van der Waals surface area contributed by atoms with Gasteiger partial charge in [0.15, 0.2) is 11.5 Å². The number of hydrogen-bond acceptors (Lipinski definition) is 5. The van der Waals surface area contributed by atoms with E-state index in [0.717, 1.165) is 56.5 Å². The SMILES string of the molecule is CCN(CC)CCOc1ccc2c(c1)CCNC2c1cc(OC)c(OC)cc1C. The summed E-state index contributed by atoms with van der Waals surface area (Å²) in [6, 6.07) is 10.8. The molecule has 0 aromatic heterocycles. The zero-order chi connectivity index (χ0) is 20.8. The molecule has 1 aliphatic heterocycles. The minimum absolute atomic E-state index is 0.142. The van der Waals surface area contributed by atoms with Crippen LogP contribution in [-0.2, 0) is 6.42 Å². The van der Waals surface area contributed by atoms with Crippen LogP contribution in [0.5, 0.6) is 17.2 Å². The summed E-state index contributed by atoms with van der Waals surface area (Å²) < 4.78 is 17.0. The van der Waals surface area contributed by atoms with Crippen molar-refractivity contribution in [3.05, 3.63) is 52.6 Å². The fourth-order valence-corrected chi connectivity index (χ4v) is 4.05. The Hall–Kier alpha value is -2.24. The van der Waals surface area contributed by atoms with Crippen LogP contribution < -0.4 is 19.5 Å². The van der Waals surface area contributed by atoms with E-state index in [-0.39, 0.29) is 6.04 Å². The summed E-state index contributed by atoms with van der Waals surface area (Å²) in [5.41, 5.74) is 5.07. The van der Waals surface area contributed by atoms with Crippen molar-refractivity contribution in [3.8, 4) is 17.2 Å². The van der Waals surface area contributed by atoms with Crippen LogP contribution in [0, 0.1) is 6.92 Å². The van der Waals surface area contributed by atoms with Gasteiger partial charge in [0.2, 0.25) is 0 Å². The van der Waals surface area contributed by atoms with Crippen molar-refractivity contribution in [2.24, 2.45) is 0 Å². The van der Waals surface area contributed by atoms with E-state index in [2.05, 4.69) is 61.3 Å². The smallest absolute Gasteiger partial charge is 0.161 e. The Morgan fingerprint density at radius 1 is 1.00 bits per heavy atom. The molecule has 0 spiro atoms. The first-order valence-corrected chi connectivity index (χ1v) is 10.5. The highest BCUT2D eigenvalue weighted by Crippen LogP contribution is 2.37. The molecule has 3 rings (SSSR count). The van der Waals surface area contributed by atoms with Gasteiger partial charge in [-0.2, -0.15) is 0 Å². The van der Waals surface area contributed by atoms with E-state index < -0.39 is 0 Å². The summed E-state index contributed by atoms with van der Waals surface area (Å²) in [6.45, 7) is 11.2. The van der Waals surface area contributed by atoms with E-state index in [1.54, 1.807) is 14.2 Å². The zero-order valence-electron chi connectivity index (χ0n) is 18.4. The van der Waals surface area contributed by atoms with Gasteiger partial charge in [-0.1, -0.05) is 19.9 Å². The van der Waals surface area contributed by atoms with Gasteiger partial charge in [0.25, 0.3) is 0 Å². The summed E-state index contributed by atoms with van der Waals surface area (Å²) in [4.78, 5) is 2.37. The highest BCUT2D eigenvalue weighted by Gasteiger charge is 2.24. The topological polar surface area (TPSA) is 43.0 Å². The van der Waals surface area contributed by atoms with Crippen LogP contribution in [0.4, 0.5) is 0 Å². The maximum Gasteiger partial charge on any atom is 0.161 e. The van der Waals surface area contributed by atoms with E-state index in [1.165, 1.54) is 22.3 Å². The first kappa shape index (κ1) is 21.5. The standard InChI is InChI=1S/C24H34N2O3/c1-6-26(7-2)12-13-29-19-8-9-20-18(15-19)10-11-25-24(20)21-16-23(28-5)22(27-4)14-17(21)3/h8-9,14-16,24-25H,6-7,10-13H2,1-5H3. The Morgan fingerprint density at radius 2 is 1.72 bits per heavy atom. The number of hydrogen-bond donors (Lipinski definition) is 1. The van der Waals surface area contributed by atoms with E-state index in [9.17, 15) is 0 Å². The van der Waals surface area contributed by atoms with Gasteiger partial charge in [-0.05, 0) is 73.0 Å². The summed E-state index contributed by atoms with van der Waals surface area (Å²) in [5.74, 6) is 2.49. The molecule has 0 fully saturated rings. The third-order valence-electron chi connectivity index (χ3n) is 5.82. The molecule has 1 heterocycles. The lowest BCUT2D eigenvalue weighted by atomic mass is 9.87. The van der Waals surface area contributed by atoms with Crippen molar-refractivity contribution in [2.75, 3.05) is 47.0 Å². The predicted octanol–water partition coefficient (Wildman–Crippen LogP) is 3.97. The fourth-order valence-electron chi connectivity index (χ4n) is 4.05. The molecule has 1 atom stereocenters. The van der Waals surface area contributed by atoms with Crippen LogP contribution in [0.15, 0.2) is 30.3 Å². The lowest BCUT2D eigenvalue weighted by Crippen LogP contribution is -2.31. The van der Waals surface area contributed by atoms with Gasteiger partial charge < -0.3 is 24.4 Å². The average molecular weight is 399 g/mol. The number of nitrogens with zero attached hydrogens (tertiary/aromatic N) is 1. The number of fused-ring (bicyclic) bond motifs is 1. The Morgan fingerprint density at radius 3 is 2.41 bits per heavy atom. The third-order valence-corrected chi connectivity index (χ3v) is 5.82. The van der Waals surface area contributed by atoms with Crippen LogP contribution in [0.25, 0.3) is 0 Å². The van der Waals surface area contributed by atoms with Gasteiger partial charge in [0, 0.05) is 13.1 Å². The predicted molar refractivity (Wildman–Crippen MR) is 118 cm³/mol. The number of rotatable bonds is 9. The second-order valence-corrected chi connectivity index (χ2v) is 7.44. The molecule has 0 radical (unpaired) electrons. The number of aryl methyl sites for hydroxylation is 1. The minimum Gasteiger partial charge on any atom is -0.493 e. The van der Waals surface area contributed by atoms with Crippen LogP contribution in [-0.4, -0.2) is 51.9 Å². The molecule has 158 valence electrons. The van der Waals surface area contributed by atoms with Crippen molar-refractivity contribution >= 4 is 0 Å². The van der Waals surface area contributed by atoms with Crippen molar-refractivity contribution < 1.29 is 14.2 Å². The third kappa shape index (κ3) is 4.85. The molecule has 1 unspecified atom stereocenters. The number of ether oxygens (including phenoxy) is 3. The van der Waals surface area contributed by atoms with E-state index in [4.69, 9.17) is 14.2 Å². The summed E-state index contributed by atoms with van der Waals surface area (Å²) in [6.07, 6.45) is 1.01. The molecule has 0 saturated heterocycles. The molecule has 0 aliphatic carbocycles. The van der Waals surface area contributed by atoms with Crippen LogP contribution in [0.1, 0.15) is 42.1 Å². The van der Waals surface area contributed by atoms with Crippen LogP contribution in [0.3, 0.4) is 0 Å². The first-order valence-electron chi connectivity index (χ1n) is 10.5. The van der Waals surface area contributed by atoms with Gasteiger partial charge in [-0.25, -0.2) is 0 Å². The molecule has 0 bridgehead atoms. The zero-order valence-corrected chi connectivity index (χ0v) is 18.4. The lowest BCUT2D eigenvalue weighted by Gasteiger charge is -2.29. The quantitative estimate of drug-likeness (QED) is 0.692. The summed E-state index contributed by atoms with van der Waals surface area (Å²) in [5, 5.41) is 3.67. The first-order chi connectivity index (χ1) is 14.1. The van der Waals surface area contributed by atoms with Crippen molar-refractivity contribution in [3.63, 3.8) is 0 Å². The summed E-state index contributed by atoms with van der Waals surface area (Å²) >= 11 is 0. The number of likely N-dealkylation sites (N-methyl/N-ethyl adjacent to an activating group) is 1. The number of nitrogens with one attached hydrogen (secondary N) is 1. The molecule has 1 N–H and O–H groups in total. The largest absolute Gasteiger partial charge is 0.493 e. The fraction of sp³-hybridized carbons (Fsp3) is 0.500. The Labute approximate surface area is 175 Å². The van der Waals surface area contributed by atoms with Gasteiger partial charge in [0.05, 0.1) is 20.3 Å². The van der Waals surface area contributed by atoms with Crippen LogP contribution in [0.2, 0.25) is 0 Å². The lowest BCUT2D eigenvalue weighted by molar-refractivity contribution is 0.222. The Balaban J connectivity index is 1.81. The van der Waals surface area contributed by atoms with Gasteiger partial charge in [-0.3, -0.25) is 0 Å². The van der Waals surface area contributed by atoms with Crippen LogP contribution >= 0.6 is 0 Å².